The molecule has 0 radical (unpaired) electrons. The number of aliphatic hydroxyl groups is 1. The molecule has 1 aromatic carbocycles. The van der Waals surface area contributed by atoms with E-state index in [1.807, 2.05) is 0 Å². The molecule has 88 valence electrons. The molecule has 2 atom stereocenters. The van der Waals surface area contributed by atoms with E-state index in [-0.39, 0.29) is 0 Å². The molecular formula is C11H12BrClO3. The maximum absolute atomic E-state index is 10.9. The lowest BCUT2D eigenvalue weighted by molar-refractivity contribution is -0.150. The molecule has 0 aliphatic rings. The fourth-order valence-electron chi connectivity index (χ4n) is 1.37. The Hall–Kier alpha value is -0.580. The molecule has 0 aliphatic carbocycles. The molecule has 0 aromatic heterocycles. The second-order valence-electron chi connectivity index (χ2n) is 3.83. The van der Waals surface area contributed by atoms with Crippen LogP contribution in [0.25, 0.3) is 0 Å². The predicted molar refractivity (Wildman–Crippen MR) is 65.5 cm³/mol. The van der Waals surface area contributed by atoms with E-state index in [1.165, 1.54) is 13.8 Å². The zero-order valence-corrected chi connectivity index (χ0v) is 11.2. The second-order valence-corrected chi connectivity index (χ2v) is 5.15. The van der Waals surface area contributed by atoms with Gasteiger partial charge in [-0.15, -0.1) is 0 Å². The molecule has 5 heteroatoms. The highest BCUT2D eigenvalue weighted by Gasteiger charge is 2.36. The minimum Gasteiger partial charge on any atom is -0.481 e. The van der Waals surface area contributed by atoms with E-state index in [9.17, 15) is 9.90 Å². The lowest BCUT2D eigenvalue weighted by Gasteiger charge is -2.28. The van der Waals surface area contributed by atoms with Gasteiger partial charge in [0.15, 0.2) is 0 Å². The summed E-state index contributed by atoms with van der Waals surface area (Å²) in [5, 5.41) is 19.5. The molecule has 3 nitrogen and oxygen atoms in total. The average Bonchev–Trinajstić information content (AvgIpc) is 2.15. The Kier molecular flexibility index (Phi) is 3.99. The van der Waals surface area contributed by atoms with Gasteiger partial charge in [-0.1, -0.05) is 33.6 Å². The van der Waals surface area contributed by atoms with Gasteiger partial charge in [0.2, 0.25) is 0 Å². The highest BCUT2D eigenvalue weighted by Crippen LogP contribution is 2.35. The molecule has 0 fully saturated rings. The van der Waals surface area contributed by atoms with Gasteiger partial charge in [-0.3, -0.25) is 4.79 Å². The van der Waals surface area contributed by atoms with Gasteiger partial charge >= 0.3 is 5.97 Å². The van der Waals surface area contributed by atoms with Crippen LogP contribution in [0.3, 0.4) is 0 Å². The molecule has 2 unspecified atom stereocenters. The lowest BCUT2D eigenvalue weighted by atomic mass is 9.84. The Morgan fingerprint density at radius 3 is 2.56 bits per heavy atom. The summed E-state index contributed by atoms with van der Waals surface area (Å²) in [5.41, 5.74) is -1.09. The predicted octanol–water partition coefficient (Wildman–Crippen LogP) is 3.03. The summed E-state index contributed by atoms with van der Waals surface area (Å²) in [5.74, 6) is -2.00. The van der Waals surface area contributed by atoms with Crippen LogP contribution in [-0.2, 0) is 10.4 Å². The van der Waals surface area contributed by atoms with Crippen LogP contribution in [0.15, 0.2) is 22.7 Å². The summed E-state index contributed by atoms with van der Waals surface area (Å²) in [4.78, 5) is 10.9. The zero-order valence-electron chi connectivity index (χ0n) is 8.87. The van der Waals surface area contributed by atoms with Crippen molar-refractivity contribution in [2.75, 3.05) is 0 Å². The van der Waals surface area contributed by atoms with Crippen LogP contribution in [0.2, 0.25) is 5.02 Å². The molecule has 0 amide bonds. The van der Waals surface area contributed by atoms with Crippen LogP contribution in [-0.4, -0.2) is 16.2 Å². The van der Waals surface area contributed by atoms with E-state index < -0.39 is 17.5 Å². The zero-order chi connectivity index (χ0) is 12.5. The van der Waals surface area contributed by atoms with Gasteiger partial charge in [0.05, 0.1) is 5.92 Å². The normalized spacial score (nSPS) is 16.6. The van der Waals surface area contributed by atoms with E-state index in [2.05, 4.69) is 15.9 Å². The van der Waals surface area contributed by atoms with Crippen molar-refractivity contribution in [2.24, 2.45) is 5.92 Å². The second kappa shape index (κ2) is 4.73. The first-order valence-corrected chi connectivity index (χ1v) is 5.84. The fraction of sp³-hybridized carbons (Fsp3) is 0.364. The number of carboxylic acids is 1. The number of aliphatic carboxylic acids is 1. The summed E-state index contributed by atoms with van der Waals surface area (Å²) in [7, 11) is 0. The van der Waals surface area contributed by atoms with Gasteiger partial charge < -0.3 is 10.2 Å². The summed E-state index contributed by atoms with van der Waals surface area (Å²) in [6.07, 6.45) is 0. The molecule has 1 aromatic rings. The quantitative estimate of drug-likeness (QED) is 0.902. The van der Waals surface area contributed by atoms with E-state index in [1.54, 1.807) is 18.2 Å². The average molecular weight is 308 g/mol. The topological polar surface area (TPSA) is 57.5 Å². The largest absolute Gasteiger partial charge is 0.481 e. The van der Waals surface area contributed by atoms with Gasteiger partial charge in [0.25, 0.3) is 0 Å². The molecule has 0 aliphatic heterocycles. The van der Waals surface area contributed by atoms with Crippen LogP contribution in [0.1, 0.15) is 19.4 Å². The Balaban J connectivity index is 3.21. The maximum atomic E-state index is 10.9. The van der Waals surface area contributed by atoms with Crippen molar-refractivity contribution >= 4 is 33.5 Å². The molecule has 1 rings (SSSR count). The van der Waals surface area contributed by atoms with Gasteiger partial charge in [-0.05, 0) is 26.0 Å². The number of rotatable bonds is 3. The van der Waals surface area contributed by atoms with Crippen molar-refractivity contribution in [1.29, 1.82) is 0 Å². The third kappa shape index (κ3) is 2.56. The first-order chi connectivity index (χ1) is 7.26. The van der Waals surface area contributed by atoms with Crippen LogP contribution in [0, 0.1) is 5.92 Å². The minimum absolute atomic E-state index is 0.340. The molecule has 2 N–H and O–H groups in total. The smallest absolute Gasteiger partial charge is 0.309 e. The van der Waals surface area contributed by atoms with Crippen molar-refractivity contribution < 1.29 is 15.0 Å². The van der Waals surface area contributed by atoms with Crippen LogP contribution >= 0.6 is 27.5 Å². The summed E-state index contributed by atoms with van der Waals surface area (Å²) < 4.78 is 0.778. The number of carbonyl (C=O) groups is 1. The number of halogens is 2. The molecule has 0 saturated heterocycles. The first kappa shape index (κ1) is 13.5. The number of hydrogen-bond acceptors (Lipinski definition) is 2. The monoisotopic (exact) mass is 306 g/mol. The molecule has 0 saturated carbocycles. The standard InChI is InChI=1S/C11H12BrClO3/c1-6(10(14)15)11(2,16)8-4-3-7(12)5-9(8)13/h3-6,16H,1-2H3,(H,14,15). The van der Waals surface area contributed by atoms with E-state index in [0.29, 0.717) is 10.6 Å². The Bertz CT molecular complexity index is 418. The number of benzene rings is 1. The van der Waals surface area contributed by atoms with Crippen molar-refractivity contribution in [2.45, 2.75) is 19.4 Å². The van der Waals surface area contributed by atoms with Crippen molar-refractivity contribution in [3.8, 4) is 0 Å². The van der Waals surface area contributed by atoms with Crippen LogP contribution in [0.4, 0.5) is 0 Å². The third-order valence-electron chi connectivity index (χ3n) is 2.69. The Morgan fingerprint density at radius 1 is 1.56 bits per heavy atom. The van der Waals surface area contributed by atoms with Gasteiger partial charge in [-0.25, -0.2) is 0 Å². The van der Waals surface area contributed by atoms with Gasteiger partial charge in [-0.2, -0.15) is 0 Å². The fourth-order valence-corrected chi connectivity index (χ4v) is 2.24. The maximum Gasteiger partial charge on any atom is 0.309 e. The molecule has 0 heterocycles. The van der Waals surface area contributed by atoms with Crippen molar-refractivity contribution in [3.63, 3.8) is 0 Å². The number of hydrogen-bond donors (Lipinski definition) is 2. The van der Waals surface area contributed by atoms with Gasteiger partial charge in [0, 0.05) is 15.1 Å². The first-order valence-electron chi connectivity index (χ1n) is 4.67. The van der Waals surface area contributed by atoms with E-state index in [0.717, 1.165) is 4.47 Å². The lowest BCUT2D eigenvalue weighted by Crippen LogP contribution is -2.35. The molecular weight excluding hydrogens is 295 g/mol. The summed E-state index contributed by atoms with van der Waals surface area (Å²) in [6.45, 7) is 2.89. The number of carboxylic acid groups (broad SMARTS) is 1. The van der Waals surface area contributed by atoms with Crippen molar-refractivity contribution in [3.05, 3.63) is 33.3 Å². The van der Waals surface area contributed by atoms with Crippen LogP contribution < -0.4 is 0 Å². The molecule has 0 bridgehead atoms. The SMILES string of the molecule is CC(C(=O)O)C(C)(O)c1ccc(Br)cc1Cl. The third-order valence-corrected chi connectivity index (χ3v) is 3.50. The molecule has 0 spiro atoms. The Labute approximate surface area is 107 Å². The molecule has 16 heavy (non-hydrogen) atoms. The summed E-state index contributed by atoms with van der Waals surface area (Å²) >= 11 is 9.23. The Morgan fingerprint density at radius 2 is 2.12 bits per heavy atom. The highest BCUT2D eigenvalue weighted by atomic mass is 79.9. The van der Waals surface area contributed by atoms with E-state index in [4.69, 9.17) is 16.7 Å². The van der Waals surface area contributed by atoms with E-state index >= 15 is 0 Å². The van der Waals surface area contributed by atoms with Crippen molar-refractivity contribution in [1.82, 2.24) is 0 Å². The van der Waals surface area contributed by atoms with Gasteiger partial charge in [0.1, 0.15) is 5.60 Å². The minimum atomic E-state index is -1.50. The van der Waals surface area contributed by atoms with Crippen LogP contribution in [0.5, 0.6) is 0 Å². The summed E-state index contributed by atoms with van der Waals surface area (Å²) in [6, 6.07) is 4.95. The highest BCUT2D eigenvalue weighted by molar-refractivity contribution is 9.10.